The number of hydrogen-bond donors (Lipinski definition) is 2. The first-order chi connectivity index (χ1) is 7.88. The fourth-order valence-electron chi connectivity index (χ4n) is 1.29. The van der Waals surface area contributed by atoms with E-state index in [0.717, 1.165) is 0 Å². The maximum Gasteiger partial charge on any atom is 0.222 e. The van der Waals surface area contributed by atoms with E-state index >= 15 is 0 Å². The highest BCUT2D eigenvalue weighted by Gasteiger charge is 2.13. The van der Waals surface area contributed by atoms with Crippen LogP contribution in [0.4, 0.5) is 10.2 Å². The van der Waals surface area contributed by atoms with Crippen molar-refractivity contribution in [3.63, 3.8) is 0 Å². The number of carbonyl (C=O) groups is 1. The van der Waals surface area contributed by atoms with Crippen molar-refractivity contribution in [2.45, 2.75) is 32.7 Å². The molecule has 4 nitrogen and oxygen atoms in total. The number of halogens is 1. The molecule has 0 spiro atoms. The molecule has 1 heterocycles. The van der Waals surface area contributed by atoms with Crippen LogP contribution in [-0.2, 0) is 4.79 Å². The minimum atomic E-state index is -0.413. The van der Waals surface area contributed by atoms with E-state index in [4.69, 9.17) is 0 Å². The SMILES string of the molecule is CC(C)(C)NC(=O)CCNc1ncccc1F. The third kappa shape index (κ3) is 5.29. The number of rotatable bonds is 4. The van der Waals surface area contributed by atoms with Crippen molar-refractivity contribution in [3.05, 3.63) is 24.1 Å². The fraction of sp³-hybridized carbons (Fsp3) is 0.500. The summed E-state index contributed by atoms with van der Waals surface area (Å²) in [4.78, 5) is 15.3. The Morgan fingerprint density at radius 2 is 2.18 bits per heavy atom. The molecule has 0 aliphatic heterocycles. The highest BCUT2D eigenvalue weighted by atomic mass is 19.1. The first-order valence-corrected chi connectivity index (χ1v) is 5.54. The molecular formula is C12H18FN3O. The topological polar surface area (TPSA) is 54.0 Å². The fourth-order valence-corrected chi connectivity index (χ4v) is 1.29. The van der Waals surface area contributed by atoms with Gasteiger partial charge in [-0.2, -0.15) is 0 Å². The van der Waals surface area contributed by atoms with Crippen LogP contribution in [0.1, 0.15) is 27.2 Å². The zero-order valence-corrected chi connectivity index (χ0v) is 10.4. The minimum Gasteiger partial charge on any atom is -0.367 e. The Bertz CT molecular complexity index is 388. The van der Waals surface area contributed by atoms with Crippen molar-refractivity contribution in [1.29, 1.82) is 0 Å². The number of carbonyl (C=O) groups excluding carboxylic acids is 1. The van der Waals surface area contributed by atoms with E-state index in [1.165, 1.54) is 18.3 Å². The zero-order valence-electron chi connectivity index (χ0n) is 10.4. The zero-order chi connectivity index (χ0) is 12.9. The standard InChI is InChI=1S/C12H18FN3O/c1-12(2,3)16-10(17)6-8-15-11-9(13)5-4-7-14-11/h4-5,7H,6,8H2,1-3H3,(H,14,15)(H,16,17). The molecule has 1 rings (SSSR count). The molecular weight excluding hydrogens is 221 g/mol. The first kappa shape index (κ1) is 13.4. The number of hydrogen-bond acceptors (Lipinski definition) is 3. The second kappa shape index (κ2) is 5.61. The molecule has 0 saturated carbocycles. The number of aromatic nitrogens is 1. The quantitative estimate of drug-likeness (QED) is 0.844. The van der Waals surface area contributed by atoms with E-state index in [9.17, 15) is 9.18 Å². The molecule has 0 saturated heterocycles. The van der Waals surface area contributed by atoms with Gasteiger partial charge in [-0.05, 0) is 32.9 Å². The Labute approximate surface area is 101 Å². The first-order valence-electron chi connectivity index (χ1n) is 5.54. The van der Waals surface area contributed by atoms with Gasteiger partial charge in [-0.15, -0.1) is 0 Å². The molecule has 2 N–H and O–H groups in total. The number of anilines is 1. The lowest BCUT2D eigenvalue weighted by Gasteiger charge is -2.20. The molecule has 94 valence electrons. The highest BCUT2D eigenvalue weighted by Crippen LogP contribution is 2.08. The van der Waals surface area contributed by atoms with Crippen LogP contribution in [0, 0.1) is 5.82 Å². The lowest BCUT2D eigenvalue weighted by Crippen LogP contribution is -2.41. The number of pyridine rings is 1. The van der Waals surface area contributed by atoms with Gasteiger partial charge in [-0.3, -0.25) is 4.79 Å². The van der Waals surface area contributed by atoms with Crippen LogP contribution >= 0.6 is 0 Å². The third-order valence-corrected chi connectivity index (χ3v) is 1.92. The van der Waals surface area contributed by atoms with E-state index in [1.807, 2.05) is 20.8 Å². The van der Waals surface area contributed by atoms with Gasteiger partial charge in [0.15, 0.2) is 11.6 Å². The smallest absolute Gasteiger partial charge is 0.222 e. The molecule has 0 aromatic carbocycles. The van der Waals surface area contributed by atoms with Crippen molar-refractivity contribution in [3.8, 4) is 0 Å². The molecule has 0 aliphatic carbocycles. The molecule has 5 heteroatoms. The van der Waals surface area contributed by atoms with Gasteiger partial charge in [0, 0.05) is 24.7 Å². The Morgan fingerprint density at radius 1 is 1.47 bits per heavy atom. The van der Waals surface area contributed by atoms with Gasteiger partial charge in [-0.25, -0.2) is 9.37 Å². The Hall–Kier alpha value is -1.65. The molecule has 1 aromatic rings. The molecule has 1 aromatic heterocycles. The predicted molar refractivity (Wildman–Crippen MR) is 65.2 cm³/mol. The molecule has 1 amide bonds. The Balaban J connectivity index is 2.34. The third-order valence-electron chi connectivity index (χ3n) is 1.92. The summed E-state index contributed by atoms with van der Waals surface area (Å²) < 4.78 is 13.2. The highest BCUT2D eigenvalue weighted by molar-refractivity contribution is 5.77. The summed E-state index contributed by atoms with van der Waals surface area (Å²) in [6.45, 7) is 6.10. The maximum atomic E-state index is 13.2. The van der Waals surface area contributed by atoms with Crippen LogP contribution in [-0.4, -0.2) is 23.0 Å². The normalized spacial score (nSPS) is 11.1. The number of nitrogens with zero attached hydrogens (tertiary/aromatic N) is 1. The van der Waals surface area contributed by atoms with Gasteiger partial charge in [0.2, 0.25) is 5.91 Å². The molecule has 0 bridgehead atoms. The van der Waals surface area contributed by atoms with Crippen LogP contribution in [0.2, 0.25) is 0 Å². The maximum absolute atomic E-state index is 13.2. The summed E-state index contributed by atoms with van der Waals surface area (Å²) in [5.74, 6) is -0.305. The molecule has 0 fully saturated rings. The second-order valence-electron chi connectivity index (χ2n) is 4.81. The summed E-state index contributed by atoms with van der Waals surface area (Å²) in [6.07, 6.45) is 1.79. The van der Waals surface area contributed by atoms with Gasteiger partial charge in [0.25, 0.3) is 0 Å². The van der Waals surface area contributed by atoms with Crippen LogP contribution in [0.3, 0.4) is 0 Å². The predicted octanol–water partition coefficient (Wildman–Crippen LogP) is 1.94. The minimum absolute atomic E-state index is 0.0682. The van der Waals surface area contributed by atoms with Gasteiger partial charge in [0.05, 0.1) is 0 Å². The Morgan fingerprint density at radius 3 is 2.76 bits per heavy atom. The summed E-state index contributed by atoms with van der Waals surface area (Å²) in [6, 6.07) is 2.84. The molecule has 0 radical (unpaired) electrons. The largest absolute Gasteiger partial charge is 0.367 e. The van der Waals surface area contributed by atoms with E-state index in [2.05, 4.69) is 15.6 Å². The summed E-state index contributed by atoms with van der Waals surface area (Å²) >= 11 is 0. The summed E-state index contributed by atoms with van der Waals surface area (Å²) in [7, 11) is 0. The molecule has 17 heavy (non-hydrogen) atoms. The van der Waals surface area contributed by atoms with E-state index in [-0.39, 0.29) is 23.7 Å². The van der Waals surface area contributed by atoms with Gasteiger partial charge in [0.1, 0.15) is 0 Å². The summed E-state index contributed by atoms with van der Waals surface area (Å²) in [5.41, 5.74) is -0.243. The molecule has 0 atom stereocenters. The lowest BCUT2D eigenvalue weighted by atomic mass is 10.1. The number of nitrogens with one attached hydrogen (secondary N) is 2. The van der Waals surface area contributed by atoms with Crippen LogP contribution in [0.5, 0.6) is 0 Å². The van der Waals surface area contributed by atoms with E-state index in [0.29, 0.717) is 6.54 Å². The van der Waals surface area contributed by atoms with Crippen molar-refractivity contribution in [2.75, 3.05) is 11.9 Å². The summed E-state index contributed by atoms with van der Waals surface area (Å²) in [5, 5.41) is 5.61. The second-order valence-corrected chi connectivity index (χ2v) is 4.81. The monoisotopic (exact) mass is 239 g/mol. The van der Waals surface area contributed by atoms with E-state index in [1.54, 1.807) is 0 Å². The van der Waals surface area contributed by atoms with Crippen molar-refractivity contribution < 1.29 is 9.18 Å². The van der Waals surface area contributed by atoms with E-state index < -0.39 is 5.82 Å². The number of amides is 1. The van der Waals surface area contributed by atoms with Gasteiger partial charge < -0.3 is 10.6 Å². The lowest BCUT2D eigenvalue weighted by molar-refractivity contribution is -0.122. The van der Waals surface area contributed by atoms with Crippen molar-refractivity contribution >= 4 is 11.7 Å². The Kier molecular flexibility index (Phi) is 4.43. The van der Waals surface area contributed by atoms with Gasteiger partial charge >= 0.3 is 0 Å². The molecule has 0 aliphatic rings. The van der Waals surface area contributed by atoms with Crippen LogP contribution in [0.25, 0.3) is 0 Å². The van der Waals surface area contributed by atoms with Gasteiger partial charge in [-0.1, -0.05) is 0 Å². The van der Waals surface area contributed by atoms with Crippen molar-refractivity contribution in [2.24, 2.45) is 0 Å². The van der Waals surface area contributed by atoms with Crippen molar-refractivity contribution in [1.82, 2.24) is 10.3 Å². The molecule has 0 unspecified atom stereocenters. The van der Waals surface area contributed by atoms with Crippen LogP contribution < -0.4 is 10.6 Å². The average Bonchev–Trinajstić information content (AvgIpc) is 2.18. The van der Waals surface area contributed by atoms with Crippen LogP contribution in [0.15, 0.2) is 18.3 Å². The average molecular weight is 239 g/mol.